The van der Waals surface area contributed by atoms with Crippen LogP contribution in [0, 0.1) is 0 Å². The van der Waals surface area contributed by atoms with E-state index >= 15 is 0 Å². The van der Waals surface area contributed by atoms with E-state index in [0.717, 1.165) is 27.4 Å². The number of benzene rings is 2. The van der Waals surface area contributed by atoms with Gasteiger partial charge < -0.3 is 9.47 Å². The number of carbonyl (C=O) groups is 2. The topological polar surface area (TPSA) is 55.8 Å². The highest BCUT2D eigenvalue weighted by molar-refractivity contribution is 9.10. The summed E-state index contributed by atoms with van der Waals surface area (Å²) in [6.45, 7) is 5.06. The van der Waals surface area contributed by atoms with E-state index in [9.17, 15) is 9.59 Å². The molecule has 0 atom stereocenters. The molecule has 0 saturated carbocycles. The predicted molar refractivity (Wildman–Crippen MR) is 114 cm³/mol. The van der Waals surface area contributed by atoms with Crippen LogP contribution in [0.15, 0.2) is 51.8 Å². The second-order valence-electron chi connectivity index (χ2n) is 5.95. The highest BCUT2D eigenvalue weighted by Crippen LogP contribution is 2.39. The molecule has 0 aromatic heterocycles. The smallest absolute Gasteiger partial charge is 0.293 e. The van der Waals surface area contributed by atoms with Gasteiger partial charge in [-0.25, -0.2) is 0 Å². The molecule has 3 rings (SSSR count). The van der Waals surface area contributed by atoms with Crippen LogP contribution in [-0.2, 0) is 11.3 Å². The van der Waals surface area contributed by atoms with Crippen LogP contribution in [0.4, 0.5) is 4.79 Å². The largest absolute Gasteiger partial charge is 0.490 e. The van der Waals surface area contributed by atoms with Crippen molar-refractivity contribution in [1.82, 2.24) is 4.90 Å². The Morgan fingerprint density at radius 2 is 1.79 bits per heavy atom. The number of hydrogen-bond donors (Lipinski definition) is 0. The lowest BCUT2D eigenvalue weighted by Gasteiger charge is -2.14. The van der Waals surface area contributed by atoms with E-state index in [-0.39, 0.29) is 17.7 Å². The van der Waals surface area contributed by atoms with Crippen LogP contribution in [0.1, 0.15) is 25.0 Å². The van der Waals surface area contributed by atoms with Gasteiger partial charge in [-0.1, -0.05) is 30.3 Å². The van der Waals surface area contributed by atoms with Crippen molar-refractivity contribution in [1.29, 1.82) is 0 Å². The van der Waals surface area contributed by atoms with E-state index in [0.29, 0.717) is 29.6 Å². The van der Waals surface area contributed by atoms with Crippen LogP contribution in [0.3, 0.4) is 0 Å². The molecule has 0 aliphatic carbocycles. The van der Waals surface area contributed by atoms with Crippen molar-refractivity contribution in [3.63, 3.8) is 0 Å². The van der Waals surface area contributed by atoms with E-state index in [1.54, 1.807) is 6.08 Å². The minimum absolute atomic E-state index is 0.264. The predicted octanol–water partition coefficient (Wildman–Crippen LogP) is 5.48. The number of amides is 2. The third-order valence-electron chi connectivity index (χ3n) is 3.98. The van der Waals surface area contributed by atoms with E-state index in [2.05, 4.69) is 15.9 Å². The highest BCUT2D eigenvalue weighted by atomic mass is 79.9. The van der Waals surface area contributed by atoms with Gasteiger partial charge in [0.2, 0.25) is 0 Å². The van der Waals surface area contributed by atoms with Crippen LogP contribution in [0.5, 0.6) is 11.5 Å². The number of imide groups is 1. The molecule has 5 nitrogen and oxygen atoms in total. The molecule has 0 radical (unpaired) electrons. The SMILES string of the molecule is CCOc1cc(/C=C2\SC(=O)N(Cc3ccccc3)C2=O)cc(Br)c1OCC. The molecule has 1 aliphatic heterocycles. The monoisotopic (exact) mass is 461 g/mol. The van der Waals surface area contributed by atoms with Crippen LogP contribution >= 0.6 is 27.7 Å². The third kappa shape index (κ3) is 4.59. The van der Waals surface area contributed by atoms with Gasteiger partial charge in [0.25, 0.3) is 11.1 Å². The standard InChI is InChI=1S/C21H20BrNO4S/c1-3-26-17-11-15(10-16(22)19(17)27-4-2)12-18-20(24)23(21(25)28-18)13-14-8-6-5-7-9-14/h5-12H,3-4,13H2,1-2H3/b18-12-. The normalized spacial score (nSPS) is 15.4. The molecule has 1 saturated heterocycles. The molecule has 28 heavy (non-hydrogen) atoms. The zero-order valence-corrected chi connectivity index (χ0v) is 18.0. The molecular weight excluding hydrogens is 442 g/mol. The van der Waals surface area contributed by atoms with Gasteiger partial charge in [-0.05, 0) is 70.9 Å². The lowest BCUT2D eigenvalue weighted by molar-refractivity contribution is -0.123. The summed E-state index contributed by atoms with van der Waals surface area (Å²) >= 11 is 4.44. The summed E-state index contributed by atoms with van der Waals surface area (Å²) in [6.07, 6.45) is 1.71. The van der Waals surface area contributed by atoms with Gasteiger partial charge in [-0.2, -0.15) is 0 Å². The van der Waals surface area contributed by atoms with Crippen molar-refractivity contribution >= 4 is 44.9 Å². The number of thioether (sulfide) groups is 1. The number of ether oxygens (including phenoxy) is 2. The second-order valence-corrected chi connectivity index (χ2v) is 7.80. The molecule has 1 aliphatic rings. The Morgan fingerprint density at radius 3 is 2.46 bits per heavy atom. The number of hydrogen-bond acceptors (Lipinski definition) is 5. The summed E-state index contributed by atoms with van der Waals surface area (Å²) in [5.74, 6) is 0.925. The summed E-state index contributed by atoms with van der Waals surface area (Å²) < 4.78 is 12.0. The minimum atomic E-state index is -0.290. The summed E-state index contributed by atoms with van der Waals surface area (Å²) in [7, 11) is 0. The maximum Gasteiger partial charge on any atom is 0.293 e. The molecular formula is C21H20BrNO4S. The fourth-order valence-electron chi connectivity index (χ4n) is 2.77. The van der Waals surface area contributed by atoms with Gasteiger partial charge in [0.15, 0.2) is 11.5 Å². The maximum atomic E-state index is 12.7. The van der Waals surface area contributed by atoms with E-state index in [1.165, 1.54) is 4.90 Å². The van der Waals surface area contributed by atoms with Gasteiger partial charge in [-0.15, -0.1) is 0 Å². The fourth-order valence-corrected chi connectivity index (χ4v) is 4.18. The van der Waals surface area contributed by atoms with Crippen molar-refractivity contribution in [2.75, 3.05) is 13.2 Å². The van der Waals surface area contributed by atoms with Crippen molar-refractivity contribution < 1.29 is 19.1 Å². The Morgan fingerprint density at radius 1 is 1.07 bits per heavy atom. The summed E-state index contributed by atoms with van der Waals surface area (Å²) in [6, 6.07) is 13.1. The first-order valence-corrected chi connectivity index (χ1v) is 10.5. The first-order chi connectivity index (χ1) is 13.5. The summed E-state index contributed by atoms with van der Waals surface area (Å²) in [4.78, 5) is 26.7. The van der Waals surface area contributed by atoms with Gasteiger partial charge in [0.1, 0.15) is 0 Å². The van der Waals surface area contributed by atoms with Crippen molar-refractivity contribution in [2.45, 2.75) is 20.4 Å². The average molecular weight is 462 g/mol. The highest BCUT2D eigenvalue weighted by Gasteiger charge is 2.35. The number of halogens is 1. The zero-order chi connectivity index (χ0) is 20.1. The third-order valence-corrected chi connectivity index (χ3v) is 5.47. The Labute approximate surface area is 176 Å². The van der Waals surface area contributed by atoms with Crippen LogP contribution in [0.2, 0.25) is 0 Å². The molecule has 0 spiro atoms. The Balaban J connectivity index is 1.87. The van der Waals surface area contributed by atoms with Crippen LogP contribution in [-0.4, -0.2) is 29.3 Å². The second kappa shape index (κ2) is 9.30. The molecule has 7 heteroatoms. The van der Waals surface area contributed by atoms with Crippen molar-refractivity contribution in [3.8, 4) is 11.5 Å². The fraction of sp³-hybridized carbons (Fsp3) is 0.238. The Bertz CT molecular complexity index is 914. The summed E-state index contributed by atoms with van der Waals surface area (Å²) in [5.41, 5.74) is 1.66. The van der Waals surface area contributed by atoms with Crippen molar-refractivity contribution in [2.24, 2.45) is 0 Å². The molecule has 2 amide bonds. The molecule has 2 aromatic rings. The van der Waals surface area contributed by atoms with E-state index in [4.69, 9.17) is 9.47 Å². The molecule has 146 valence electrons. The average Bonchev–Trinajstić information content (AvgIpc) is 2.93. The molecule has 1 heterocycles. The van der Waals surface area contributed by atoms with Crippen LogP contribution in [0.25, 0.3) is 6.08 Å². The maximum absolute atomic E-state index is 12.7. The molecule has 1 fully saturated rings. The quantitative estimate of drug-likeness (QED) is 0.510. The van der Waals surface area contributed by atoms with Gasteiger partial charge >= 0.3 is 0 Å². The van der Waals surface area contributed by atoms with Gasteiger partial charge in [-0.3, -0.25) is 14.5 Å². The lowest BCUT2D eigenvalue weighted by atomic mass is 10.1. The van der Waals surface area contributed by atoms with Gasteiger partial charge in [0, 0.05) is 0 Å². The number of rotatable bonds is 7. The lowest BCUT2D eigenvalue weighted by Crippen LogP contribution is -2.27. The first-order valence-electron chi connectivity index (χ1n) is 8.92. The minimum Gasteiger partial charge on any atom is -0.490 e. The van der Waals surface area contributed by atoms with Crippen LogP contribution < -0.4 is 9.47 Å². The molecule has 2 aromatic carbocycles. The molecule has 0 unspecified atom stereocenters. The van der Waals surface area contributed by atoms with Gasteiger partial charge in [0.05, 0.1) is 29.1 Å². The number of nitrogens with zero attached hydrogens (tertiary/aromatic N) is 1. The molecule has 0 N–H and O–H groups in total. The zero-order valence-electron chi connectivity index (χ0n) is 15.6. The Hall–Kier alpha value is -2.25. The summed E-state index contributed by atoms with van der Waals surface area (Å²) in [5, 5.41) is -0.268. The first kappa shape index (κ1) is 20.5. The molecule has 0 bridgehead atoms. The Kier molecular flexibility index (Phi) is 6.80. The number of carbonyl (C=O) groups excluding carboxylic acids is 2. The van der Waals surface area contributed by atoms with E-state index in [1.807, 2.05) is 56.3 Å². The van der Waals surface area contributed by atoms with E-state index < -0.39 is 0 Å². The van der Waals surface area contributed by atoms with Crippen molar-refractivity contribution in [3.05, 3.63) is 63.0 Å².